The van der Waals surface area contributed by atoms with E-state index in [-0.39, 0.29) is 24.2 Å². The molecule has 2 unspecified atom stereocenters. The predicted molar refractivity (Wildman–Crippen MR) is 118 cm³/mol. The average Bonchev–Trinajstić information content (AvgIpc) is 2.81. The van der Waals surface area contributed by atoms with E-state index in [4.69, 9.17) is 16.3 Å². The third kappa shape index (κ3) is 6.53. The molecule has 0 bridgehead atoms. The Morgan fingerprint density at radius 3 is 2.72 bits per heavy atom. The molecule has 32 heavy (non-hydrogen) atoms. The monoisotopic (exact) mass is 485 g/mol. The van der Waals surface area contributed by atoms with Crippen molar-refractivity contribution >= 4 is 28.8 Å². The van der Waals surface area contributed by atoms with Crippen molar-refractivity contribution < 1.29 is 27.4 Å². The number of pyridine rings is 1. The highest BCUT2D eigenvalue weighted by Crippen LogP contribution is 2.29. The SMILES string of the molecule is COC(=O)c1ccc(CN(CCC(c2ccc(F)c(Cl)c2)N2CCOCC2)S(=O)O)nc1. The molecule has 0 amide bonds. The van der Waals surface area contributed by atoms with Crippen molar-refractivity contribution in [1.82, 2.24) is 14.2 Å². The lowest BCUT2D eigenvalue weighted by Gasteiger charge is -2.35. The number of halogens is 2. The highest BCUT2D eigenvalue weighted by Gasteiger charge is 2.25. The van der Waals surface area contributed by atoms with Crippen LogP contribution in [0, 0.1) is 5.82 Å². The summed E-state index contributed by atoms with van der Waals surface area (Å²) in [7, 11) is 1.28. The zero-order valence-electron chi connectivity index (χ0n) is 17.6. The quantitative estimate of drug-likeness (QED) is 0.431. The van der Waals surface area contributed by atoms with Gasteiger partial charge in [-0.2, -0.15) is 4.31 Å². The van der Waals surface area contributed by atoms with Crippen LogP contribution in [0.4, 0.5) is 4.39 Å². The molecule has 0 spiro atoms. The van der Waals surface area contributed by atoms with Crippen LogP contribution in [0.1, 0.15) is 34.1 Å². The summed E-state index contributed by atoms with van der Waals surface area (Å²) in [5.41, 5.74) is 1.67. The van der Waals surface area contributed by atoms with E-state index in [0.29, 0.717) is 44.0 Å². The summed E-state index contributed by atoms with van der Waals surface area (Å²) in [5, 5.41) is 0.0400. The average molecular weight is 486 g/mol. The number of aromatic nitrogens is 1. The van der Waals surface area contributed by atoms with E-state index in [1.54, 1.807) is 24.3 Å². The number of morpholine rings is 1. The van der Waals surface area contributed by atoms with Gasteiger partial charge in [0.05, 0.1) is 43.1 Å². The van der Waals surface area contributed by atoms with Crippen LogP contribution in [0.15, 0.2) is 36.5 Å². The maximum absolute atomic E-state index is 13.7. The van der Waals surface area contributed by atoms with Gasteiger partial charge in [-0.25, -0.2) is 13.4 Å². The first-order chi connectivity index (χ1) is 15.4. The van der Waals surface area contributed by atoms with Gasteiger partial charge in [-0.3, -0.25) is 14.4 Å². The molecular formula is C21H25ClFN3O5S. The molecule has 174 valence electrons. The number of nitrogens with zero attached hydrogens (tertiary/aromatic N) is 3. The lowest BCUT2D eigenvalue weighted by atomic mass is 10.0. The second kappa shape index (κ2) is 11.8. The Morgan fingerprint density at radius 2 is 2.12 bits per heavy atom. The molecule has 0 radical (unpaired) electrons. The largest absolute Gasteiger partial charge is 0.465 e. The molecule has 3 rings (SSSR count). The Hall–Kier alpha value is -1.95. The Bertz CT molecular complexity index is 944. The van der Waals surface area contributed by atoms with E-state index in [0.717, 1.165) is 5.56 Å². The summed E-state index contributed by atoms with van der Waals surface area (Å²) in [6, 6.07) is 7.67. The summed E-state index contributed by atoms with van der Waals surface area (Å²) < 4.78 is 46.9. The molecule has 2 atom stereocenters. The highest BCUT2D eigenvalue weighted by atomic mass is 35.5. The van der Waals surface area contributed by atoms with E-state index < -0.39 is 23.1 Å². The minimum absolute atomic E-state index is 0.0400. The fraction of sp³-hybridized carbons (Fsp3) is 0.429. The minimum Gasteiger partial charge on any atom is -0.465 e. The van der Waals surface area contributed by atoms with Crippen LogP contribution in [0.25, 0.3) is 0 Å². The molecule has 1 aromatic carbocycles. The van der Waals surface area contributed by atoms with Crippen molar-refractivity contribution in [2.75, 3.05) is 40.0 Å². The first-order valence-electron chi connectivity index (χ1n) is 10.0. The number of esters is 1. The molecule has 1 fully saturated rings. The predicted octanol–water partition coefficient (Wildman–Crippen LogP) is 3.06. The van der Waals surface area contributed by atoms with E-state index in [1.165, 1.54) is 23.7 Å². The summed E-state index contributed by atoms with van der Waals surface area (Å²) in [4.78, 5) is 18.0. The van der Waals surface area contributed by atoms with Gasteiger partial charge in [-0.15, -0.1) is 0 Å². The molecule has 1 aliphatic rings. The maximum Gasteiger partial charge on any atom is 0.339 e. The first-order valence-corrected chi connectivity index (χ1v) is 11.5. The number of rotatable bonds is 9. The fourth-order valence-corrected chi connectivity index (χ4v) is 4.28. The number of ether oxygens (including phenoxy) is 2. The normalized spacial score (nSPS) is 16.7. The molecule has 1 N–H and O–H groups in total. The molecular weight excluding hydrogens is 461 g/mol. The van der Waals surface area contributed by atoms with Crippen molar-refractivity contribution in [3.05, 3.63) is 64.2 Å². The second-order valence-electron chi connectivity index (χ2n) is 7.25. The lowest BCUT2D eigenvalue weighted by Crippen LogP contribution is -2.40. The Morgan fingerprint density at radius 1 is 1.38 bits per heavy atom. The zero-order chi connectivity index (χ0) is 23.1. The molecule has 11 heteroatoms. The van der Waals surface area contributed by atoms with Crippen molar-refractivity contribution in [2.45, 2.75) is 19.0 Å². The molecule has 1 aromatic heterocycles. The van der Waals surface area contributed by atoms with Crippen molar-refractivity contribution in [3.8, 4) is 0 Å². The summed E-state index contributed by atoms with van der Waals surface area (Å²) in [5.74, 6) is -0.992. The van der Waals surface area contributed by atoms with Crippen LogP contribution in [0.5, 0.6) is 0 Å². The van der Waals surface area contributed by atoms with Crippen LogP contribution in [0.2, 0.25) is 5.02 Å². The smallest absolute Gasteiger partial charge is 0.339 e. The number of carbonyl (C=O) groups excluding carboxylic acids is 1. The zero-order valence-corrected chi connectivity index (χ0v) is 19.1. The van der Waals surface area contributed by atoms with E-state index >= 15 is 0 Å². The van der Waals surface area contributed by atoms with Gasteiger partial charge in [0.1, 0.15) is 5.82 Å². The van der Waals surface area contributed by atoms with E-state index in [1.807, 2.05) is 0 Å². The van der Waals surface area contributed by atoms with Gasteiger partial charge in [-0.05, 0) is 36.2 Å². The van der Waals surface area contributed by atoms with Gasteiger partial charge in [0, 0.05) is 31.9 Å². The van der Waals surface area contributed by atoms with Gasteiger partial charge in [0.15, 0.2) is 0 Å². The van der Waals surface area contributed by atoms with E-state index in [9.17, 15) is 17.9 Å². The Labute approximate surface area is 193 Å². The van der Waals surface area contributed by atoms with Gasteiger partial charge >= 0.3 is 5.97 Å². The molecule has 8 nitrogen and oxygen atoms in total. The van der Waals surface area contributed by atoms with Gasteiger partial charge in [0.25, 0.3) is 0 Å². The number of methoxy groups -OCH3 is 1. The van der Waals surface area contributed by atoms with E-state index in [2.05, 4.69) is 14.6 Å². The number of hydrogen-bond acceptors (Lipinski definition) is 6. The molecule has 2 heterocycles. The molecule has 0 aliphatic carbocycles. The van der Waals surface area contributed by atoms with Crippen LogP contribution < -0.4 is 0 Å². The fourth-order valence-electron chi connectivity index (χ4n) is 3.58. The second-order valence-corrected chi connectivity index (χ2v) is 8.64. The molecule has 2 aromatic rings. The van der Waals surface area contributed by atoms with Crippen molar-refractivity contribution in [2.24, 2.45) is 0 Å². The number of carbonyl (C=O) groups is 1. The molecule has 0 saturated carbocycles. The Kier molecular flexibility index (Phi) is 9.09. The van der Waals surface area contributed by atoms with Crippen molar-refractivity contribution in [3.63, 3.8) is 0 Å². The third-order valence-corrected chi connectivity index (χ3v) is 6.31. The molecule has 1 saturated heterocycles. The number of hydrogen-bond donors (Lipinski definition) is 1. The van der Waals surface area contributed by atoms with Crippen LogP contribution >= 0.6 is 11.6 Å². The van der Waals surface area contributed by atoms with Gasteiger partial charge in [-0.1, -0.05) is 17.7 Å². The minimum atomic E-state index is -2.23. The Balaban J connectivity index is 1.73. The highest BCUT2D eigenvalue weighted by molar-refractivity contribution is 7.76. The number of benzene rings is 1. The standard InChI is InChI=1S/C21H25ClFN3O5S/c1-30-21(27)16-2-4-17(24-13-16)14-26(32(28)29)7-6-20(25-8-10-31-11-9-25)15-3-5-19(23)18(22)12-15/h2-5,12-13,20H,6-11,14H2,1H3,(H,28,29). The van der Waals surface area contributed by atoms with Crippen LogP contribution in [-0.2, 0) is 27.3 Å². The summed E-state index contributed by atoms with van der Waals surface area (Å²) in [6.07, 6.45) is 1.88. The topological polar surface area (TPSA) is 92.2 Å². The molecule has 1 aliphatic heterocycles. The van der Waals surface area contributed by atoms with Crippen LogP contribution in [-0.4, -0.2) is 68.9 Å². The summed E-state index contributed by atoms with van der Waals surface area (Å²) in [6.45, 7) is 2.94. The third-order valence-electron chi connectivity index (χ3n) is 5.27. The lowest BCUT2D eigenvalue weighted by molar-refractivity contribution is 0.0132. The summed E-state index contributed by atoms with van der Waals surface area (Å²) >= 11 is 3.77. The maximum atomic E-state index is 13.7. The first kappa shape index (κ1) is 24.7. The van der Waals surface area contributed by atoms with Gasteiger partial charge in [0.2, 0.25) is 11.3 Å². The van der Waals surface area contributed by atoms with Gasteiger partial charge < -0.3 is 9.47 Å². The van der Waals surface area contributed by atoms with Crippen molar-refractivity contribution in [1.29, 1.82) is 0 Å². The van der Waals surface area contributed by atoms with Crippen LogP contribution in [0.3, 0.4) is 0 Å².